The average molecular weight is 430 g/mol. The molecule has 0 aliphatic carbocycles. The zero-order chi connectivity index (χ0) is 21.6. The standard InChI is InChI=1S/C22H27N3O4S/c1-17(26)25-10-12-30-16-20(22(28)19-7-3-9-24-15-19)13-21(27)29-11-4-6-18-5-2-8-23-14-18/h2-3,5,7-9,14-15,20H,4,6,10-13,16H2,1H3,(H,25,26). The zero-order valence-corrected chi connectivity index (χ0v) is 17.9. The number of hydrogen-bond donors (Lipinski definition) is 1. The Morgan fingerprint density at radius 1 is 1.13 bits per heavy atom. The number of ether oxygens (including phenoxy) is 1. The third-order valence-electron chi connectivity index (χ3n) is 4.26. The van der Waals surface area contributed by atoms with E-state index in [9.17, 15) is 14.4 Å². The molecule has 0 fully saturated rings. The van der Waals surface area contributed by atoms with Crippen molar-refractivity contribution in [3.05, 3.63) is 60.2 Å². The number of hydrogen-bond acceptors (Lipinski definition) is 7. The number of carbonyl (C=O) groups excluding carboxylic acids is 3. The monoisotopic (exact) mass is 429 g/mol. The van der Waals surface area contributed by atoms with Gasteiger partial charge in [-0.25, -0.2) is 0 Å². The van der Waals surface area contributed by atoms with Gasteiger partial charge in [-0.3, -0.25) is 24.4 Å². The SMILES string of the molecule is CC(=O)NCCSCC(CC(=O)OCCCc1cccnc1)C(=O)c1cccnc1. The summed E-state index contributed by atoms with van der Waals surface area (Å²) in [5.74, 6) is 0.0402. The zero-order valence-electron chi connectivity index (χ0n) is 17.1. The fraction of sp³-hybridized carbons (Fsp3) is 0.409. The van der Waals surface area contributed by atoms with E-state index in [4.69, 9.17) is 4.74 Å². The molecule has 0 aliphatic rings. The molecule has 30 heavy (non-hydrogen) atoms. The predicted molar refractivity (Wildman–Crippen MR) is 116 cm³/mol. The van der Waals surface area contributed by atoms with Crippen molar-refractivity contribution in [2.75, 3.05) is 24.7 Å². The molecule has 1 N–H and O–H groups in total. The van der Waals surface area contributed by atoms with Crippen molar-refractivity contribution in [1.82, 2.24) is 15.3 Å². The summed E-state index contributed by atoms with van der Waals surface area (Å²) < 4.78 is 5.35. The van der Waals surface area contributed by atoms with Gasteiger partial charge >= 0.3 is 5.97 Å². The maximum Gasteiger partial charge on any atom is 0.306 e. The van der Waals surface area contributed by atoms with Gasteiger partial charge in [0.15, 0.2) is 5.78 Å². The van der Waals surface area contributed by atoms with E-state index in [2.05, 4.69) is 15.3 Å². The Morgan fingerprint density at radius 3 is 2.57 bits per heavy atom. The minimum Gasteiger partial charge on any atom is -0.466 e. The summed E-state index contributed by atoms with van der Waals surface area (Å²) in [6, 6.07) is 7.25. The molecule has 7 nitrogen and oxygen atoms in total. The summed E-state index contributed by atoms with van der Waals surface area (Å²) in [4.78, 5) is 44.1. The van der Waals surface area contributed by atoms with Gasteiger partial charge in [0.2, 0.25) is 5.91 Å². The van der Waals surface area contributed by atoms with Gasteiger partial charge in [-0.2, -0.15) is 11.8 Å². The van der Waals surface area contributed by atoms with E-state index in [-0.39, 0.29) is 24.1 Å². The molecule has 2 heterocycles. The molecule has 160 valence electrons. The number of esters is 1. The molecule has 0 radical (unpaired) electrons. The molecule has 8 heteroatoms. The first kappa shape index (κ1) is 23.5. The number of amides is 1. The highest BCUT2D eigenvalue weighted by Crippen LogP contribution is 2.18. The highest BCUT2D eigenvalue weighted by molar-refractivity contribution is 7.99. The van der Waals surface area contributed by atoms with Crippen molar-refractivity contribution in [2.24, 2.45) is 5.92 Å². The van der Waals surface area contributed by atoms with Crippen LogP contribution in [0.4, 0.5) is 0 Å². The summed E-state index contributed by atoms with van der Waals surface area (Å²) in [5.41, 5.74) is 1.57. The first-order valence-electron chi connectivity index (χ1n) is 9.87. The number of pyridine rings is 2. The molecular weight excluding hydrogens is 402 g/mol. The number of rotatable bonds is 13. The number of aromatic nitrogens is 2. The summed E-state index contributed by atoms with van der Waals surface area (Å²) in [6.45, 7) is 2.29. The second kappa shape index (κ2) is 13.5. The van der Waals surface area contributed by atoms with Crippen LogP contribution >= 0.6 is 11.8 Å². The molecule has 0 saturated carbocycles. The fourth-order valence-electron chi connectivity index (χ4n) is 2.76. The Hall–Kier alpha value is -2.74. The highest BCUT2D eigenvalue weighted by atomic mass is 32.2. The Bertz CT molecular complexity index is 803. The molecule has 2 rings (SSSR count). The number of Topliss-reactive ketones (excluding diaryl/α,β-unsaturated/α-hetero) is 1. The maximum absolute atomic E-state index is 12.8. The summed E-state index contributed by atoms with van der Waals surface area (Å²) in [7, 11) is 0. The van der Waals surface area contributed by atoms with Gasteiger partial charge < -0.3 is 10.1 Å². The van der Waals surface area contributed by atoms with Gasteiger partial charge in [0.1, 0.15) is 0 Å². The molecule has 1 amide bonds. The third-order valence-corrected chi connectivity index (χ3v) is 5.40. The Kier molecular flexibility index (Phi) is 10.6. The molecule has 0 aromatic carbocycles. The fourth-order valence-corrected chi connectivity index (χ4v) is 3.73. The van der Waals surface area contributed by atoms with Crippen molar-refractivity contribution in [3.63, 3.8) is 0 Å². The largest absolute Gasteiger partial charge is 0.466 e. The topological polar surface area (TPSA) is 98.3 Å². The van der Waals surface area contributed by atoms with E-state index in [1.54, 1.807) is 30.7 Å². The van der Waals surface area contributed by atoms with Crippen molar-refractivity contribution in [2.45, 2.75) is 26.2 Å². The molecule has 1 unspecified atom stereocenters. The minimum atomic E-state index is -0.498. The third kappa shape index (κ3) is 9.17. The molecule has 2 aromatic heterocycles. The molecule has 0 saturated heterocycles. The Morgan fingerprint density at radius 2 is 1.90 bits per heavy atom. The van der Waals surface area contributed by atoms with Gasteiger partial charge in [-0.15, -0.1) is 0 Å². The maximum atomic E-state index is 12.8. The number of aryl methyl sites for hydroxylation is 1. The number of nitrogens with zero attached hydrogens (tertiary/aromatic N) is 2. The van der Waals surface area contributed by atoms with E-state index < -0.39 is 5.92 Å². The van der Waals surface area contributed by atoms with Crippen LogP contribution in [0.25, 0.3) is 0 Å². The van der Waals surface area contributed by atoms with Crippen LogP contribution < -0.4 is 5.32 Å². The van der Waals surface area contributed by atoms with Gasteiger partial charge in [0, 0.05) is 61.2 Å². The lowest BCUT2D eigenvalue weighted by molar-refractivity contribution is -0.144. The molecule has 0 aliphatic heterocycles. The first-order chi connectivity index (χ1) is 14.6. The number of ketones is 1. The number of thioether (sulfide) groups is 1. The van der Waals surface area contributed by atoms with Crippen molar-refractivity contribution in [1.29, 1.82) is 0 Å². The van der Waals surface area contributed by atoms with Crippen molar-refractivity contribution in [3.8, 4) is 0 Å². The number of nitrogens with one attached hydrogen (secondary N) is 1. The van der Waals surface area contributed by atoms with Crippen LogP contribution in [0, 0.1) is 5.92 Å². The Labute approximate surface area is 181 Å². The predicted octanol–water partition coefficient (Wildman–Crippen LogP) is 2.71. The van der Waals surface area contributed by atoms with E-state index >= 15 is 0 Å². The molecule has 2 aromatic rings. The molecule has 0 bridgehead atoms. The van der Waals surface area contributed by atoms with Crippen LogP contribution in [-0.4, -0.2) is 52.3 Å². The van der Waals surface area contributed by atoms with Crippen LogP contribution in [0.15, 0.2) is 49.1 Å². The van der Waals surface area contributed by atoms with Gasteiger partial charge in [0.05, 0.1) is 13.0 Å². The first-order valence-corrected chi connectivity index (χ1v) is 11.0. The Balaban J connectivity index is 1.82. The van der Waals surface area contributed by atoms with Crippen LogP contribution in [0.2, 0.25) is 0 Å². The normalized spacial score (nSPS) is 11.5. The van der Waals surface area contributed by atoms with E-state index in [0.717, 1.165) is 12.0 Å². The van der Waals surface area contributed by atoms with Gasteiger partial charge in [0.25, 0.3) is 0 Å². The molecular formula is C22H27N3O4S. The van der Waals surface area contributed by atoms with Crippen LogP contribution in [0.5, 0.6) is 0 Å². The highest BCUT2D eigenvalue weighted by Gasteiger charge is 2.24. The second-order valence-electron chi connectivity index (χ2n) is 6.75. The van der Waals surface area contributed by atoms with Gasteiger partial charge in [-0.05, 0) is 36.6 Å². The van der Waals surface area contributed by atoms with Crippen LogP contribution in [-0.2, 0) is 20.7 Å². The lowest BCUT2D eigenvalue weighted by atomic mass is 9.97. The quantitative estimate of drug-likeness (QED) is 0.297. The van der Waals surface area contributed by atoms with Crippen molar-refractivity contribution >= 4 is 29.4 Å². The van der Waals surface area contributed by atoms with Crippen LogP contribution in [0.3, 0.4) is 0 Å². The minimum absolute atomic E-state index is 0.0216. The van der Waals surface area contributed by atoms with Crippen molar-refractivity contribution < 1.29 is 19.1 Å². The molecule has 1 atom stereocenters. The summed E-state index contributed by atoms with van der Waals surface area (Å²) in [5, 5.41) is 2.72. The number of carbonyl (C=O) groups is 3. The van der Waals surface area contributed by atoms with E-state index in [1.165, 1.54) is 24.9 Å². The average Bonchev–Trinajstić information content (AvgIpc) is 2.76. The van der Waals surface area contributed by atoms with Gasteiger partial charge in [-0.1, -0.05) is 6.07 Å². The van der Waals surface area contributed by atoms with E-state index in [1.807, 2.05) is 12.1 Å². The second-order valence-corrected chi connectivity index (χ2v) is 7.90. The molecule has 0 spiro atoms. The van der Waals surface area contributed by atoms with Crippen LogP contribution in [0.1, 0.15) is 35.7 Å². The smallest absolute Gasteiger partial charge is 0.306 e. The lowest BCUT2D eigenvalue weighted by Crippen LogP contribution is -2.25. The van der Waals surface area contributed by atoms with E-state index in [0.29, 0.717) is 36.6 Å². The lowest BCUT2D eigenvalue weighted by Gasteiger charge is -2.15. The summed E-state index contributed by atoms with van der Waals surface area (Å²) in [6.07, 6.45) is 8.12. The summed E-state index contributed by atoms with van der Waals surface area (Å²) >= 11 is 1.52.